The Hall–Kier alpha value is -3.85. The molecule has 33 heavy (non-hydrogen) atoms. The highest BCUT2D eigenvalue weighted by Gasteiger charge is 2.18. The summed E-state index contributed by atoms with van der Waals surface area (Å²) < 4.78 is 5.31. The van der Waals surface area contributed by atoms with Crippen molar-refractivity contribution in [2.75, 3.05) is 7.11 Å². The minimum absolute atomic E-state index is 0. The first-order chi connectivity index (χ1) is 15.7. The van der Waals surface area contributed by atoms with Gasteiger partial charge in [0.05, 0.1) is 52.7 Å². The van der Waals surface area contributed by atoms with E-state index < -0.39 is 0 Å². The van der Waals surface area contributed by atoms with Crippen LogP contribution in [-0.4, -0.2) is 47.3 Å². The molecule has 0 aromatic heterocycles. The lowest BCUT2D eigenvalue weighted by Crippen LogP contribution is -1.96. The summed E-state index contributed by atoms with van der Waals surface area (Å²) in [6.45, 7) is 0. The van der Waals surface area contributed by atoms with Crippen molar-refractivity contribution in [2.45, 2.75) is 0 Å². The van der Waals surface area contributed by atoms with Crippen LogP contribution in [0.1, 0.15) is 5.56 Å². The van der Waals surface area contributed by atoms with E-state index in [1.54, 1.807) is 7.11 Å². The van der Waals surface area contributed by atoms with E-state index in [9.17, 15) is 0 Å². The molecular weight excluding hydrogens is 423 g/mol. The molecule has 5 aliphatic rings. The number of hydrogen-bond donors (Lipinski definition) is 0. The van der Waals surface area contributed by atoms with Gasteiger partial charge in [-0.2, -0.15) is 0 Å². The predicted molar refractivity (Wildman–Crippen MR) is 140 cm³/mol. The summed E-state index contributed by atoms with van der Waals surface area (Å²) in [7, 11) is 1.67. The molecule has 1 aromatic rings. The Morgan fingerprint density at radius 2 is 1.06 bits per heavy atom. The molecule has 0 saturated carbocycles. The van der Waals surface area contributed by atoms with Crippen LogP contribution in [0.5, 0.6) is 5.75 Å². The average Bonchev–Trinajstić information content (AvgIpc) is 3.59. The molecule has 1 aromatic carbocycles. The van der Waals surface area contributed by atoms with Crippen LogP contribution in [-0.2, 0) is 0 Å². The van der Waals surface area contributed by atoms with Gasteiger partial charge in [0, 0.05) is 5.57 Å². The van der Waals surface area contributed by atoms with Gasteiger partial charge >= 0.3 is 0 Å². The van der Waals surface area contributed by atoms with Crippen molar-refractivity contribution in [2.24, 2.45) is 20.0 Å². The molecule has 0 N–H and O–H groups in total. The number of ether oxygens (including phenoxy) is 1. The van der Waals surface area contributed by atoms with Gasteiger partial charge in [-0.1, -0.05) is 12.1 Å². The van der Waals surface area contributed by atoms with Crippen molar-refractivity contribution in [3.8, 4) is 5.75 Å². The Bertz CT molecular complexity index is 1420. The largest absolute Gasteiger partial charge is 0.497 e. The van der Waals surface area contributed by atoms with Crippen molar-refractivity contribution in [1.82, 2.24) is 0 Å². The monoisotopic (exact) mass is 444 g/mol. The van der Waals surface area contributed by atoms with Crippen LogP contribution >= 0.6 is 0 Å². The second kappa shape index (κ2) is 8.59. The van der Waals surface area contributed by atoms with Crippen molar-refractivity contribution < 1.29 is 4.74 Å². The number of benzene rings is 1. The molecule has 5 heterocycles. The minimum atomic E-state index is 0. The predicted octanol–water partition coefficient (Wildman–Crippen LogP) is 3.93. The molecule has 6 heteroatoms. The van der Waals surface area contributed by atoms with Crippen molar-refractivity contribution in [3.63, 3.8) is 0 Å². The second-order valence-corrected chi connectivity index (χ2v) is 7.67. The fraction of sp³-hybridized carbons (Fsp3) is 0.0370. The zero-order valence-corrected chi connectivity index (χ0v) is 17.4. The lowest BCUT2D eigenvalue weighted by Gasteiger charge is -2.05. The summed E-state index contributed by atoms with van der Waals surface area (Å²) in [5.41, 5.74) is 9.03. The quantitative estimate of drug-likeness (QED) is 0.638. The number of allylic oxidation sites excluding steroid dienone is 12. The number of rotatable bonds is 2. The summed E-state index contributed by atoms with van der Waals surface area (Å²) in [4.78, 5) is 19.0. The first-order valence-electron chi connectivity index (χ1n) is 10.3. The van der Waals surface area contributed by atoms with Gasteiger partial charge in [-0.25, -0.2) is 20.0 Å². The summed E-state index contributed by atoms with van der Waals surface area (Å²) in [5, 5.41) is 0. The van der Waals surface area contributed by atoms with E-state index in [4.69, 9.17) is 19.7 Å². The SMILES string of the molecule is COc1ccc(C2=CC3=CC4=NC(=CC5=NC(=CC6=NC(=CC2=N3)C=C6)C=C5)C=C4)cc1.[AlH3]. The number of fused-ring (bicyclic) bond motifs is 4. The second-order valence-electron chi connectivity index (χ2n) is 7.67. The Morgan fingerprint density at radius 1 is 0.545 bits per heavy atom. The molecule has 0 aliphatic carbocycles. The zero-order valence-electron chi connectivity index (χ0n) is 17.4. The molecule has 5 nitrogen and oxygen atoms in total. The summed E-state index contributed by atoms with van der Waals surface area (Å²) in [6, 6.07) is 8.01. The molecule has 8 bridgehead atoms. The van der Waals surface area contributed by atoms with E-state index >= 15 is 0 Å². The molecule has 6 rings (SSSR count). The van der Waals surface area contributed by atoms with E-state index in [-0.39, 0.29) is 17.4 Å². The highest BCUT2D eigenvalue weighted by atomic mass is 27.0. The normalized spacial score (nSPS) is 19.5. The minimum Gasteiger partial charge on any atom is -0.497 e. The van der Waals surface area contributed by atoms with E-state index in [1.165, 1.54) is 0 Å². The van der Waals surface area contributed by atoms with Crippen molar-refractivity contribution in [3.05, 3.63) is 119 Å². The van der Waals surface area contributed by atoms with E-state index in [0.29, 0.717) is 0 Å². The average molecular weight is 444 g/mol. The summed E-state index contributed by atoms with van der Waals surface area (Å²) >= 11 is 0. The number of methoxy groups -OCH3 is 1. The molecule has 0 unspecified atom stereocenters. The van der Waals surface area contributed by atoms with Crippen molar-refractivity contribution in [1.29, 1.82) is 0 Å². The Balaban J connectivity index is 0.00000228. The molecular formula is C27H21AlN4O. The van der Waals surface area contributed by atoms with Gasteiger partial charge in [0.2, 0.25) is 0 Å². The van der Waals surface area contributed by atoms with Gasteiger partial charge < -0.3 is 4.74 Å². The van der Waals surface area contributed by atoms with Gasteiger partial charge in [0.1, 0.15) is 5.75 Å². The van der Waals surface area contributed by atoms with Gasteiger partial charge in [-0.05, 0) is 84.5 Å². The summed E-state index contributed by atoms with van der Waals surface area (Å²) in [5.74, 6) is 0.822. The molecule has 158 valence electrons. The van der Waals surface area contributed by atoms with E-state index in [2.05, 4.69) is 11.1 Å². The van der Waals surface area contributed by atoms with Crippen LogP contribution in [0.4, 0.5) is 0 Å². The topological polar surface area (TPSA) is 58.7 Å². The van der Waals surface area contributed by atoms with Gasteiger partial charge in [0.15, 0.2) is 17.4 Å². The Morgan fingerprint density at radius 3 is 1.61 bits per heavy atom. The van der Waals surface area contributed by atoms with Crippen molar-refractivity contribution >= 4 is 45.8 Å². The van der Waals surface area contributed by atoms with Gasteiger partial charge in [-0.3, -0.25) is 0 Å². The third kappa shape index (κ3) is 4.27. The Labute approximate surface area is 202 Å². The van der Waals surface area contributed by atoms with Crippen LogP contribution < -0.4 is 4.74 Å². The standard InChI is InChI=1S/C27H18N4O.Al.3H/c1-32-25-10-2-17(3-11-25)26-15-24-14-22-7-6-20(29-22)12-18-4-5-19(28-18)13-21-8-9-23(30-21)16-27(26)31-24;;;;/h2-16H,1H3;;;;. The smallest absolute Gasteiger partial charge is 0.187 e. The molecule has 0 saturated heterocycles. The maximum Gasteiger partial charge on any atom is 0.187 e. The first-order valence-corrected chi connectivity index (χ1v) is 10.3. The van der Waals surface area contributed by atoms with E-state index in [1.807, 2.05) is 85.0 Å². The van der Waals surface area contributed by atoms with Crippen LogP contribution in [0.15, 0.2) is 134 Å². The van der Waals surface area contributed by atoms with Crippen LogP contribution in [0.2, 0.25) is 0 Å². The van der Waals surface area contributed by atoms with Crippen LogP contribution in [0.3, 0.4) is 0 Å². The summed E-state index contributed by atoms with van der Waals surface area (Å²) in [6.07, 6.45) is 22.0. The molecule has 0 atom stereocenters. The fourth-order valence-electron chi connectivity index (χ4n) is 3.90. The molecule has 0 fully saturated rings. The fourth-order valence-corrected chi connectivity index (χ4v) is 3.90. The number of nitrogens with zero attached hydrogens (tertiary/aromatic N) is 4. The molecule has 5 aliphatic heterocycles. The van der Waals surface area contributed by atoms with Crippen LogP contribution in [0.25, 0.3) is 5.57 Å². The number of hydrogen-bond acceptors (Lipinski definition) is 5. The first kappa shape index (κ1) is 21.0. The lowest BCUT2D eigenvalue weighted by atomic mass is 10.0. The van der Waals surface area contributed by atoms with Crippen LogP contribution in [0, 0.1) is 0 Å². The zero-order chi connectivity index (χ0) is 21.5. The number of aliphatic imine (C=N–C) groups is 4. The molecule has 0 radical (unpaired) electrons. The third-order valence-electron chi connectivity index (χ3n) is 5.44. The third-order valence-corrected chi connectivity index (χ3v) is 5.44. The highest BCUT2D eigenvalue weighted by Crippen LogP contribution is 2.30. The maximum atomic E-state index is 5.31. The highest BCUT2D eigenvalue weighted by molar-refractivity contribution is 6.32. The van der Waals surface area contributed by atoms with E-state index in [0.717, 1.165) is 62.5 Å². The van der Waals surface area contributed by atoms with Gasteiger partial charge in [0.25, 0.3) is 0 Å². The Kier molecular flexibility index (Phi) is 5.47. The lowest BCUT2D eigenvalue weighted by molar-refractivity contribution is 0.415. The van der Waals surface area contributed by atoms with Gasteiger partial charge in [-0.15, -0.1) is 0 Å². The molecule has 0 spiro atoms. The molecule has 0 amide bonds. The maximum absolute atomic E-state index is 5.31.